The van der Waals surface area contributed by atoms with Gasteiger partial charge in [0.05, 0.1) is 101 Å². The number of benzene rings is 14. The van der Waals surface area contributed by atoms with Crippen LogP contribution in [0.4, 0.5) is 68.2 Å². The van der Waals surface area contributed by atoms with Gasteiger partial charge in [0.15, 0.2) is 19.8 Å². The van der Waals surface area contributed by atoms with E-state index in [2.05, 4.69) is 341 Å². The molecule has 0 aliphatic carbocycles. The van der Waals surface area contributed by atoms with Gasteiger partial charge in [-0.3, -0.25) is 17.6 Å². The van der Waals surface area contributed by atoms with E-state index < -0.39 is 0 Å². The molecule has 498 valence electrons. The predicted octanol–water partition coefficient (Wildman–Crippen LogP) is 23.1. The summed E-state index contributed by atoms with van der Waals surface area (Å²) in [6, 6.07) is 112. The van der Waals surface area contributed by atoms with Crippen molar-refractivity contribution >= 4 is 253 Å². The molecule has 22 aromatic rings. The van der Waals surface area contributed by atoms with Crippen LogP contribution in [0.2, 0.25) is 5.02 Å². The monoisotopic (exact) mass is 1450 g/mol. The molecule has 0 amide bonds. The average molecular weight is 1450 g/mol. The van der Waals surface area contributed by atoms with E-state index in [1.165, 1.54) is 69.0 Å². The summed E-state index contributed by atoms with van der Waals surface area (Å²) in [6.45, 7) is -0.0344. The van der Waals surface area contributed by atoms with Crippen LogP contribution in [0.5, 0.6) is 0 Å². The van der Waals surface area contributed by atoms with Crippen LogP contribution in [0.25, 0.3) is 105 Å². The molecule has 0 spiro atoms. The fourth-order valence-corrected chi connectivity index (χ4v) is 20.9. The van der Waals surface area contributed by atoms with Crippen LogP contribution in [-0.4, -0.2) is 44.3 Å². The van der Waals surface area contributed by atoms with Crippen molar-refractivity contribution in [2.75, 3.05) is 19.6 Å². The molecule has 0 saturated carbocycles. The van der Waals surface area contributed by atoms with Crippen molar-refractivity contribution in [3.05, 3.63) is 320 Å². The van der Waals surface area contributed by atoms with Gasteiger partial charge in [-0.25, -0.2) is 19.9 Å². The standard InChI is InChI=1S/C44H25BN6S2.C44H27ClN6S2/c1-3-12-26(13-4-1)48-34-18-11-19-35-42(34)45(28-22-30-38(24-36(28)48)50-32-16-7-9-20-40(32)52-43(50)46-30)29-23-31-39(25-37(29)49(35)27-14-5-2-6-15-27)51-33-17-8-10-21-41(33)53-44(51)47-31;45-42-36(48(28-12-3-1-4-13-28)30-22-24-32-38(26-30)50-34-16-7-9-20-40(34)52-43(50)46-32)18-11-19-37(42)49(29-14-5-2-6-15-29)31-23-25-33-39(27-31)51-35-17-8-10-21-41(35)53-44(51)47-33/h1-25H;1-27H. The molecule has 2 aliphatic rings. The zero-order valence-electron chi connectivity index (χ0n) is 56.0. The first kappa shape index (κ1) is 59.9. The van der Waals surface area contributed by atoms with Crippen LogP contribution in [0, 0.1) is 0 Å². The Morgan fingerprint density at radius 2 is 0.604 bits per heavy atom. The Labute approximate surface area is 625 Å². The summed E-state index contributed by atoms with van der Waals surface area (Å²) in [5.41, 5.74) is 29.4. The van der Waals surface area contributed by atoms with Crippen LogP contribution in [0.1, 0.15) is 0 Å². The van der Waals surface area contributed by atoms with E-state index in [0.29, 0.717) is 5.02 Å². The van der Waals surface area contributed by atoms with Crippen LogP contribution >= 0.6 is 56.9 Å². The fraction of sp³-hybridized carbons (Fsp3) is 0. The highest BCUT2D eigenvalue weighted by Gasteiger charge is 2.44. The van der Waals surface area contributed by atoms with Crippen LogP contribution in [0.3, 0.4) is 0 Å². The molecule has 2 aliphatic heterocycles. The SMILES string of the molecule is Clc1c(N(c2ccccc2)c2ccc3nc4sc5ccccc5n4c3c2)cccc1N(c1ccccc1)c1ccc2nc3sc4ccccc4n3c2c1.c1ccc(N2c3cc4c(cc3B3c5cc6nc7sc8ccccc8n7c6cc5N(c5ccccc5)c5cccc2c53)nc2sc3ccccc3n24)cc1. The Morgan fingerprint density at radius 1 is 0.274 bits per heavy atom. The molecule has 0 radical (unpaired) electrons. The van der Waals surface area contributed by atoms with E-state index in [1.54, 1.807) is 45.3 Å². The molecule has 0 N–H and O–H groups in total. The van der Waals surface area contributed by atoms with Gasteiger partial charge in [-0.05, 0) is 198 Å². The maximum Gasteiger partial charge on any atom is 0.252 e. The molecule has 12 nitrogen and oxygen atoms in total. The summed E-state index contributed by atoms with van der Waals surface area (Å²) in [4.78, 5) is 33.9. The number of hydrogen-bond acceptors (Lipinski definition) is 12. The number of nitrogens with zero attached hydrogens (tertiary/aromatic N) is 12. The van der Waals surface area contributed by atoms with Gasteiger partial charge >= 0.3 is 0 Å². The lowest BCUT2D eigenvalue weighted by Gasteiger charge is -2.44. The molecule has 24 rings (SSSR count). The third kappa shape index (κ3) is 8.92. The Balaban J connectivity index is 0.000000129. The van der Waals surface area contributed by atoms with Crippen LogP contribution < -0.4 is 36.0 Å². The van der Waals surface area contributed by atoms with E-state index in [0.717, 1.165) is 121 Å². The highest BCUT2D eigenvalue weighted by molar-refractivity contribution is 7.24. The Morgan fingerprint density at radius 3 is 0.991 bits per heavy atom. The number of para-hydroxylation sites is 8. The Bertz CT molecular complexity index is 6940. The molecule has 0 unspecified atom stereocenters. The van der Waals surface area contributed by atoms with Gasteiger partial charge in [0, 0.05) is 56.9 Å². The van der Waals surface area contributed by atoms with Gasteiger partial charge in [-0.15, -0.1) is 0 Å². The lowest BCUT2D eigenvalue weighted by molar-refractivity contribution is 1.25. The molecule has 0 bridgehead atoms. The zero-order valence-corrected chi connectivity index (χ0v) is 60.0. The molecule has 0 atom stereocenters. The van der Waals surface area contributed by atoms with Crippen molar-refractivity contribution in [2.45, 2.75) is 0 Å². The van der Waals surface area contributed by atoms with E-state index in [1.807, 2.05) is 12.1 Å². The first-order valence-electron chi connectivity index (χ1n) is 35.1. The summed E-state index contributed by atoms with van der Waals surface area (Å²) in [6.07, 6.45) is 0. The molecular weight excluding hydrogens is 1400 g/mol. The topological polar surface area (TPSA) is 82.2 Å². The second-order valence-corrected chi connectivity index (χ2v) is 31.2. The van der Waals surface area contributed by atoms with Crippen molar-refractivity contribution in [2.24, 2.45) is 0 Å². The lowest BCUT2D eigenvalue weighted by atomic mass is 9.33. The molecule has 14 aromatic carbocycles. The zero-order chi connectivity index (χ0) is 69.4. The normalized spacial score (nSPS) is 12.7. The number of hydrogen-bond donors (Lipinski definition) is 0. The fourth-order valence-electron chi connectivity index (χ4n) is 16.5. The highest BCUT2D eigenvalue weighted by Crippen LogP contribution is 2.50. The van der Waals surface area contributed by atoms with Crippen molar-refractivity contribution < 1.29 is 0 Å². The summed E-state index contributed by atoms with van der Waals surface area (Å²) in [5.74, 6) is 0. The minimum atomic E-state index is -0.0344. The Hall–Kier alpha value is -12.6. The molecule has 0 saturated heterocycles. The van der Waals surface area contributed by atoms with Gasteiger partial charge in [0.1, 0.15) is 0 Å². The average Bonchev–Trinajstić information content (AvgIpc) is 1.45. The summed E-state index contributed by atoms with van der Waals surface area (Å²) in [7, 11) is 0. The third-order valence-corrected chi connectivity index (χ3v) is 25.4. The van der Waals surface area contributed by atoms with Crippen LogP contribution in [-0.2, 0) is 0 Å². The molecule has 0 fully saturated rings. The molecule has 10 heterocycles. The maximum atomic E-state index is 7.69. The smallest absolute Gasteiger partial charge is 0.252 e. The summed E-state index contributed by atoms with van der Waals surface area (Å²) in [5, 5.41) is 0.624. The van der Waals surface area contributed by atoms with Gasteiger partial charge in [-0.1, -0.05) is 190 Å². The molecule has 106 heavy (non-hydrogen) atoms. The van der Waals surface area contributed by atoms with E-state index in [-0.39, 0.29) is 6.71 Å². The van der Waals surface area contributed by atoms with E-state index in [9.17, 15) is 0 Å². The van der Waals surface area contributed by atoms with Crippen molar-refractivity contribution in [1.82, 2.24) is 37.5 Å². The highest BCUT2D eigenvalue weighted by atomic mass is 35.5. The number of halogens is 1. The molecular formula is C88H52BClN12S4. The third-order valence-electron chi connectivity index (χ3n) is 20.9. The van der Waals surface area contributed by atoms with Gasteiger partial charge in [-0.2, -0.15) is 0 Å². The number of rotatable bonds is 8. The summed E-state index contributed by atoms with van der Waals surface area (Å²) >= 11 is 14.6. The second-order valence-electron chi connectivity index (χ2n) is 26.8. The van der Waals surface area contributed by atoms with Crippen molar-refractivity contribution in [3.63, 3.8) is 0 Å². The van der Waals surface area contributed by atoms with Crippen LogP contribution in [0.15, 0.2) is 315 Å². The first-order valence-corrected chi connectivity index (χ1v) is 38.7. The maximum absolute atomic E-state index is 7.69. The van der Waals surface area contributed by atoms with E-state index in [4.69, 9.17) is 31.5 Å². The first-order chi connectivity index (χ1) is 52.5. The lowest BCUT2D eigenvalue weighted by Crippen LogP contribution is -2.61. The van der Waals surface area contributed by atoms with Crippen molar-refractivity contribution in [1.29, 1.82) is 0 Å². The number of aromatic nitrogens is 8. The van der Waals surface area contributed by atoms with Gasteiger partial charge in [0.2, 0.25) is 0 Å². The van der Waals surface area contributed by atoms with Gasteiger partial charge in [0.25, 0.3) is 6.71 Å². The minimum absolute atomic E-state index is 0.0344. The van der Waals surface area contributed by atoms with E-state index >= 15 is 0 Å². The quantitative estimate of drug-likeness (QED) is 0.139. The predicted molar refractivity (Wildman–Crippen MR) is 448 cm³/mol. The molecule has 8 aromatic heterocycles. The summed E-state index contributed by atoms with van der Waals surface area (Å²) < 4.78 is 14.1. The number of imidazole rings is 4. The number of anilines is 12. The van der Waals surface area contributed by atoms with Gasteiger partial charge < -0.3 is 19.6 Å². The Kier molecular flexibility index (Phi) is 13.1. The van der Waals surface area contributed by atoms with Crippen molar-refractivity contribution in [3.8, 4) is 0 Å². The number of fused-ring (bicyclic) bond motifs is 24. The molecule has 18 heteroatoms. The second kappa shape index (κ2) is 23.2. The largest absolute Gasteiger partial charge is 0.311 e. The minimum Gasteiger partial charge on any atom is -0.311 e. The number of thiazole rings is 4.